The van der Waals surface area contributed by atoms with Gasteiger partial charge in [-0.2, -0.15) is 5.10 Å². The average Bonchev–Trinajstić information content (AvgIpc) is 2.88. The van der Waals surface area contributed by atoms with E-state index in [1.54, 1.807) is 4.68 Å². The van der Waals surface area contributed by atoms with Crippen LogP contribution in [0.5, 0.6) is 0 Å². The molecule has 102 valence electrons. The molecule has 0 radical (unpaired) electrons. The lowest BCUT2D eigenvalue weighted by Gasteiger charge is -2.05. The molecule has 2 heterocycles. The van der Waals surface area contributed by atoms with Gasteiger partial charge in [0.2, 0.25) is 5.91 Å². The molecule has 0 fully saturated rings. The number of halogens is 1. The van der Waals surface area contributed by atoms with Crippen LogP contribution in [-0.4, -0.2) is 15.7 Å². The number of aromatic nitrogens is 2. The second-order valence-corrected chi connectivity index (χ2v) is 6.02. The standard InChI is InChI=1S/C12H15ClN4OS/c1-7-12(14)8(2)17(16-7)6-11(18)15-5-9-3-4-10(13)19-9/h3-4H,5-6,14H2,1-2H3,(H,15,18). The lowest BCUT2D eigenvalue weighted by atomic mass is 10.3. The largest absolute Gasteiger partial charge is 0.396 e. The Morgan fingerprint density at radius 3 is 2.79 bits per heavy atom. The molecule has 0 saturated heterocycles. The van der Waals surface area contributed by atoms with Gasteiger partial charge in [0.25, 0.3) is 0 Å². The van der Waals surface area contributed by atoms with Crippen molar-refractivity contribution in [2.75, 3.05) is 5.73 Å². The van der Waals surface area contributed by atoms with Crippen LogP contribution in [0.15, 0.2) is 12.1 Å². The minimum absolute atomic E-state index is 0.102. The van der Waals surface area contributed by atoms with Gasteiger partial charge >= 0.3 is 0 Å². The van der Waals surface area contributed by atoms with Gasteiger partial charge in [0.05, 0.1) is 28.0 Å². The van der Waals surface area contributed by atoms with E-state index in [2.05, 4.69) is 10.4 Å². The summed E-state index contributed by atoms with van der Waals surface area (Å²) in [5, 5.41) is 7.05. The highest BCUT2D eigenvalue weighted by atomic mass is 35.5. The van der Waals surface area contributed by atoms with E-state index in [0.717, 1.165) is 20.6 Å². The number of nitrogens with two attached hydrogens (primary N) is 1. The second kappa shape index (κ2) is 5.63. The molecule has 0 unspecified atom stereocenters. The number of nitrogens with one attached hydrogen (secondary N) is 1. The third-order valence-corrected chi connectivity index (χ3v) is 4.05. The molecule has 0 atom stereocenters. The number of carbonyl (C=O) groups excluding carboxylic acids is 1. The molecule has 0 saturated carbocycles. The minimum Gasteiger partial charge on any atom is -0.396 e. The van der Waals surface area contributed by atoms with Gasteiger partial charge in [-0.25, -0.2) is 0 Å². The van der Waals surface area contributed by atoms with Crippen LogP contribution in [0.3, 0.4) is 0 Å². The summed E-state index contributed by atoms with van der Waals surface area (Å²) >= 11 is 7.28. The normalized spacial score (nSPS) is 10.7. The van der Waals surface area contributed by atoms with Crippen molar-refractivity contribution in [3.8, 4) is 0 Å². The molecule has 0 aromatic carbocycles. The molecule has 0 aliphatic heterocycles. The Balaban J connectivity index is 1.92. The minimum atomic E-state index is -0.102. The highest BCUT2D eigenvalue weighted by Gasteiger charge is 2.11. The third kappa shape index (κ3) is 3.27. The molecule has 19 heavy (non-hydrogen) atoms. The quantitative estimate of drug-likeness (QED) is 0.908. The predicted octanol–water partition coefficient (Wildman–Crippen LogP) is 2.11. The number of aryl methyl sites for hydroxylation is 1. The highest BCUT2D eigenvalue weighted by molar-refractivity contribution is 7.16. The molecule has 3 N–H and O–H groups in total. The smallest absolute Gasteiger partial charge is 0.242 e. The van der Waals surface area contributed by atoms with Crippen molar-refractivity contribution in [2.24, 2.45) is 0 Å². The van der Waals surface area contributed by atoms with Crippen molar-refractivity contribution in [2.45, 2.75) is 26.9 Å². The van der Waals surface area contributed by atoms with Crippen molar-refractivity contribution in [3.63, 3.8) is 0 Å². The van der Waals surface area contributed by atoms with Gasteiger partial charge in [-0.1, -0.05) is 11.6 Å². The maximum absolute atomic E-state index is 11.8. The van der Waals surface area contributed by atoms with Gasteiger partial charge in [-0.05, 0) is 26.0 Å². The Bertz CT molecular complexity index is 605. The Labute approximate surface area is 120 Å². The average molecular weight is 299 g/mol. The van der Waals surface area contributed by atoms with Crippen LogP contribution in [0.4, 0.5) is 5.69 Å². The number of hydrogen-bond donors (Lipinski definition) is 2. The van der Waals surface area contributed by atoms with Crippen molar-refractivity contribution in [1.82, 2.24) is 15.1 Å². The Hall–Kier alpha value is -1.53. The lowest BCUT2D eigenvalue weighted by molar-refractivity contribution is -0.122. The van der Waals surface area contributed by atoms with Crippen LogP contribution >= 0.6 is 22.9 Å². The van der Waals surface area contributed by atoms with E-state index >= 15 is 0 Å². The van der Waals surface area contributed by atoms with Gasteiger partial charge in [0.15, 0.2) is 0 Å². The number of rotatable bonds is 4. The molecule has 1 amide bonds. The zero-order valence-electron chi connectivity index (χ0n) is 10.7. The number of anilines is 1. The van der Waals surface area contributed by atoms with Crippen LogP contribution in [0, 0.1) is 13.8 Å². The monoisotopic (exact) mass is 298 g/mol. The van der Waals surface area contributed by atoms with Crippen molar-refractivity contribution >= 4 is 34.5 Å². The summed E-state index contributed by atoms with van der Waals surface area (Å²) in [7, 11) is 0. The fourth-order valence-corrected chi connectivity index (χ4v) is 2.72. The zero-order valence-corrected chi connectivity index (χ0v) is 12.3. The molecule has 7 heteroatoms. The number of thiophene rings is 1. The molecular formula is C12H15ClN4OS. The fraction of sp³-hybridized carbons (Fsp3) is 0.333. The number of nitrogen functional groups attached to an aromatic ring is 1. The summed E-state index contributed by atoms with van der Waals surface area (Å²) in [6, 6.07) is 3.71. The molecule has 5 nitrogen and oxygen atoms in total. The van der Waals surface area contributed by atoms with E-state index in [1.807, 2.05) is 26.0 Å². The number of hydrogen-bond acceptors (Lipinski definition) is 4. The van der Waals surface area contributed by atoms with Crippen LogP contribution in [0.1, 0.15) is 16.3 Å². The summed E-state index contributed by atoms with van der Waals surface area (Å²) in [4.78, 5) is 12.8. The zero-order chi connectivity index (χ0) is 14.0. The van der Waals surface area contributed by atoms with E-state index in [4.69, 9.17) is 17.3 Å². The molecular weight excluding hydrogens is 284 g/mol. The predicted molar refractivity (Wildman–Crippen MR) is 77.3 cm³/mol. The summed E-state index contributed by atoms with van der Waals surface area (Å²) in [6.07, 6.45) is 0. The number of amides is 1. The lowest BCUT2D eigenvalue weighted by Crippen LogP contribution is -2.27. The van der Waals surface area contributed by atoms with Gasteiger partial charge in [0.1, 0.15) is 6.54 Å². The molecule has 0 bridgehead atoms. The van der Waals surface area contributed by atoms with Crippen molar-refractivity contribution < 1.29 is 4.79 Å². The first-order chi connectivity index (χ1) is 8.97. The van der Waals surface area contributed by atoms with Crippen molar-refractivity contribution in [1.29, 1.82) is 0 Å². The van der Waals surface area contributed by atoms with Crippen LogP contribution in [0.2, 0.25) is 4.34 Å². The molecule has 2 rings (SSSR count). The summed E-state index contributed by atoms with van der Waals surface area (Å²) < 4.78 is 2.33. The first kappa shape index (κ1) is 13.9. The molecule has 2 aromatic heterocycles. The van der Waals surface area contributed by atoms with Crippen LogP contribution < -0.4 is 11.1 Å². The van der Waals surface area contributed by atoms with E-state index in [-0.39, 0.29) is 12.5 Å². The van der Waals surface area contributed by atoms with Gasteiger partial charge in [-0.15, -0.1) is 11.3 Å². The molecule has 0 aliphatic rings. The van der Waals surface area contributed by atoms with E-state index in [1.165, 1.54) is 11.3 Å². The molecule has 0 spiro atoms. The van der Waals surface area contributed by atoms with Crippen molar-refractivity contribution in [3.05, 3.63) is 32.7 Å². The molecule has 2 aromatic rings. The summed E-state index contributed by atoms with van der Waals surface area (Å²) in [5.41, 5.74) is 8.01. The summed E-state index contributed by atoms with van der Waals surface area (Å²) in [6.45, 7) is 4.32. The van der Waals surface area contributed by atoms with Crippen LogP contribution in [0.25, 0.3) is 0 Å². The van der Waals surface area contributed by atoms with Gasteiger partial charge < -0.3 is 11.1 Å². The topological polar surface area (TPSA) is 72.9 Å². The maximum Gasteiger partial charge on any atom is 0.242 e. The Morgan fingerprint density at radius 2 is 2.26 bits per heavy atom. The second-order valence-electron chi connectivity index (χ2n) is 4.22. The first-order valence-electron chi connectivity index (χ1n) is 5.77. The SMILES string of the molecule is Cc1nn(CC(=O)NCc2ccc(Cl)s2)c(C)c1N. The van der Waals surface area contributed by atoms with E-state index < -0.39 is 0 Å². The first-order valence-corrected chi connectivity index (χ1v) is 6.97. The number of carbonyl (C=O) groups is 1. The van der Waals surface area contributed by atoms with E-state index in [0.29, 0.717) is 12.2 Å². The summed E-state index contributed by atoms with van der Waals surface area (Å²) in [5.74, 6) is -0.102. The van der Waals surface area contributed by atoms with Gasteiger partial charge in [0, 0.05) is 4.88 Å². The highest BCUT2D eigenvalue weighted by Crippen LogP contribution is 2.21. The Morgan fingerprint density at radius 1 is 1.53 bits per heavy atom. The number of nitrogens with zero attached hydrogens (tertiary/aromatic N) is 2. The molecule has 0 aliphatic carbocycles. The van der Waals surface area contributed by atoms with Crippen LogP contribution in [-0.2, 0) is 17.9 Å². The Kier molecular flexibility index (Phi) is 4.11. The maximum atomic E-state index is 11.8. The van der Waals surface area contributed by atoms with E-state index in [9.17, 15) is 4.79 Å². The third-order valence-electron chi connectivity index (χ3n) is 2.82. The fourth-order valence-electron chi connectivity index (χ4n) is 1.69. The van der Waals surface area contributed by atoms with Gasteiger partial charge in [-0.3, -0.25) is 9.48 Å².